The number of hydrogen-bond acceptors (Lipinski definition) is 6. The van der Waals surface area contributed by atoms with Gasteiger partial charge in [0.2, 0.25) is 0 Å². The summed E-state index contributed by atoms with van der Waals surface area (Å²) in [5, 5.41) is 5.31. The van der Waals surface area contributed by atoms with Crippen molar-refractivity contribution in [2.75, 3.05) is 7.05 Å². The highest BCUT2D eigenvalue weighted by atomic mass is 16.2. The molecule has 0 aliphatic rings. The zero-order chi connectivity index (χ0) is 24.7. The molecular weight excluding hydrogens is 442 g/mol. The van der Waals surface area contributed by atoms with Gasteiger partial charge in [-0.15, -0.1) is 0 Å². The molecule has 5 rings (SSSR count). The third kappa shape index (κ3) is 4.07. The van der Waals surface area contributed by atoms with Crippen molar-refractivity contribution in [1.82, 2.24) is 44.2 Å². The van der Waals surface area contributed by atoms with Gasteiger partial charge < -0.3 is 14.5 Å². The van der Waals surface area contributed by atoms with Crippen LogP contribution in [0.4, 0.5) is 0 Å². The van der Waals surface area contributed by atoms with Crippen LogP contribution in [0.3, 0.4) is 0 Å². The number of benzene rings is 1. The van der Waals surface area contributed by atoms with Crippen molar-refractivity contribution in [3.8, 4) is 23.0 Å². The maximum absolute atomic E-state index is 13.7. The number of imidazole rings is 2. The van der Waals surface area contributed by atoms with Gasteiger partial charge in [-0.1, -0.05) is 18.6 Å². The Kier molecular flexibility index (Phi) is 5.64. The molecule has 0 unspecified atom stereocenters. The molecular formula is C25H27N9O. The van der Waals surface area contributed by atoms with Crippen molar-refractivity contribution in [3.05, 3.63) is 65.6 Å². The molecule has 0 radical (unpaired) electrons. The van der Waals surface area contributed by atoms with Crippen molar-refractivity contribution in [2.24, 2.45) is 14.1 Å². The van der Waals surface area contributed by atoms with Crippen LogP contribution >= 0.6 is 0 Å². The number of nitrogens with one attached hydrogen (secondary N) is 1. The van der Waals surface area contributed by atoms with E-state index in [2.05, 4.69) is 27.0 Å². The summed E-state index contributed by atoms with van der Waals surface area (Å²) < 4.78 is 3.75. The van der Waals surface area contributed by atoms with E-state index in [1.165, 1.54) is 0 Å². The summed E-state index contributed by atoms with van der Waals surface area (Å²) in [6.07, 6.45) is 6.10. The Bertz CT molecular complexity index is 1530. The largest absolute Gasteiger partial charge is 0.343 e. The second-order valence-corrected chi connectivity index (χ2v) is 8.63. The number of rotatable bonds is 6. The number of carbonyl (C=O) groups excluding carboxylic acids is 1. The van der Waals surface area contributed by atoms with Gasteiger partial charge in [0, 0.05) is 45.3 Å². The van der Waals surface area contributed by atoms with Crippen LogP contribution in [0, 0.1) is 6.92 Å². The molecule has 1 aromatic carbocycles. The van der Waals surface area contributed by atoms with Crippen molar-refractivity contribution in [3.63, 3.8) is 0 Å². The van der Waals surface area contributed by atoms with E-state index in [4.69, 9.17) is 9.97 Å². The van der Waals surface area contributed by atoms with Crippen molar-refractivity contribution >= 4 is 16.8 Å². The van der Waals surface area contributed by atoms with E-state index in [1.54, 1.807) is 29.0 Å². The summed E-state index contributed by atoms with van der Waals surface area (Å²) >= 11 is 0. The fourth-order valence-corrected chi connectivity index (χ4v) is 4.18. The third-order valence-electron chi connectivity index (χ3n) is 6.15. The van der Waals surface area contributed by atoms with E-state index in [9.17, 15) is 4.79 Å². The molecule has 1 amide bonds. The molecule has 35 heavy (non-hydrogen) atoms. The fourth-order valence-electron chi connectivity index (χ4n) is 4.18. The Labute approximate surface area is 202 Å². The van der Waals surface area contributed by atoms with E-state index in [0.717, 1.165) is 29.2 Å². The Hall–Kier alpha value is -4.34. The molecule has 4 heterocycles. The average molecular weight is 470 g/mol. The zero-order valence-electron chi connectivity index (χ0n) is 20.4. The quantitative estimate of drug-likeness (QED) is 0.409. The highest BCUT2D eigenvalue weighted by Gasteiger charge is 2.22. The number of carbonyl (C=O) groups is 1. The van der Waals surface area contributed by atoms with Crippen LogP contribution in [-0.2, 0) is 27.1 Å². The third-order valence-corrected chi connectivity index (χ3v) is 6.15. The number of aromatic amines is 1. The molecule has 1 N–H and O–H groups in total. The second kappa shape index (κ2) is 8.79. The van der Waals surface area contributed by atoms with Gasteiger partial charge >= 0.3 is 0 Å². The lowest BCUT2D eigenvalue weighted by molar-refractivity contribution is 0.0778. The molecule has 0 aliphatic carbocycles. The zero-order valence-corrected chi connectivity index (χ0v) is 20.4. The number of nitrogens with zero attached hydrogens (tertiary/aromatic N) is 8. The van der Waals surface area contributed by atoms with Crippen molar-refractivity contribution in [1.29, 1.82) is 0 Å². The summed E-state index contributed by atoms with van der Waals surface area (Å²) in [6.45, 7) is 4.47. The number of amides is 1. The first-order valence-electron chi connectivity index (χ1n) is 11.4. The van der Waals surface area contributed by atoms with Crippen LogP contribution in [0.15, 0.2) is 42.9 Å². The van der Waals surface area contributed by atoms with Crippen molar-refractivity contribution in [2.45, 2.75) is 26.8 Å². The molecule has 0 saturated carbocycles. The van der Waals surface area contributed by atoms with Crippen LogP contribution < -0.4 is 0 Å². The first-order valence-corrected chi connectivity index (χ1v) is 11.4. The van der Waals surface area contributed by atoms with Crippen LogP contribution in [0.25, 0.3) is 33.9 Å². The van der Waals surface area contributed by atoms with Crippen LogP contribution in [0.5, 0.6) is 0 Å². The summed E-state index contributed by atoms with van der Waals surface area (Å²) in [4.78, 5) is 36.6. The molecule has 5 aromatic rings. The number of H-pyrrole nitrogens is 1. The first-order chi connectivity index (χ1) is 16.9. The van der Waals surface area contributed by atoms with Gasteiger partial charge in [0.25, 0.3) is 5.91 Å². The van der Waals surface area contributed by atoms with Crippen molar-refractivity contribution < 1.29 is 4.79 Å². The number of fused-ring (bicyclic) bond motifs is 1. The molecule has 4 aromatic heterocycles. The van der Waals surface area contributed by atoms with Gasteiger partial charge in [-0.25, -0.2) is 19.9 Å². The highest BCUT2D eigenvalue weighted by molar-refractivity contribution is 6.04. The lowest BCUT2D eigenvalue weighted by Gasteiger charge is -2.18. The maximum atomic E-state index is 13.7. The monoisotopic (exact) mass is 469 g/mol. The summed E-state index contributed by atoms with van der Waals surface area (Å²) in [5.41, 5.74) is 4.39. The van der Waals surface area contributed by atoms with Crippen LogP contribution in [-0.4, -0.2) is 57.1 Å². The predicted octanol–water partition coefficient (Wildman–Crippen LogP) is 3.30. The SMILES string of the molecule is CCc1ncc(CN(C)C(=O)c2nc(-c3cc(-c4ncc[nH]4)n(C)n3)nc3ccc(C)cc23)n1C. The van der Waals surface area contributed by atoms with Gasteiger partial charge in [0.1, 0.15) is 22.9 Å². The van der Waals surface area contributed by atoms with E-state index in [1.807, 2.05) is 56.0 Å². The lowest BCUT2D eigenvalue weighted by atomic mass is 10.1. The Morgan fingerprint density at radius 3 is 2.69 bits per heavy atom. The van der Waals surface area contributed by atoms with Gasteiger partial charge in [0.05, 0.1) is 24.0 Å². The minimum atomic E-state index is -0.189. The lowest BCUT2D eigenvalue weighted by Crippen LogP contribution is -2.28. The van der Waals surface area contributed by atoms with E-state index in [0.29, 0.717) is 40.5 Å². The van der Waals surface area contributed by atoms with Gasteiger partial charge in [0.15, 0.2) is 11.6 Å². The minimum Gasteiger partial charge on any atom is -0.343 e. The number of aromatic nitrogens is 8. The van der Waals surface area contributed by atoms with Gasteiger partial charge in [-0.3, -0.25) is 9.48 Å². The summed E-state index contributed by atoms with van der Waals surface area (Å²) in [6, 6.07) is 7.71. The Balaban J connectivity index is 1.57. The van der Waals surface area contributed by atoms with E-state index >= 15 is 0 Å². The maximum Gasteiger partial charge on any atom is 0.273 e. The van der Waals surface area contributed by atoms with Crippen LogP contribution in [0.2, 0.25) is 0 Å². The highest BCUT2D eigenvalue weighted by Crippen LogP contribution is 2.26. The van der Waals surface area contributed by atoms with Gasteiger partial charge in [-0.05, 0) is 25.1 Å². The smallest absolute Gasteiger partial charge is 0.273 e. The molecule has 10 heteroatoms. The van der Waals surface area contributed by atoms with E-state index < -0.39 is 0 Å². The standard InChI is InChI=1S/C25H27N9O/c1-6-21-28-13-16(33(21)4)14-32(3)25(35)22-17-11-15(2)7-8-18(17)29-23(30-22)19-12-20(34(5)31-19)24-26-9-10-27-24/h7-13H,6,14H2,1-5H3,(H,26,27). The molecule has 178 valence electrons. The molecule has 0 fully saturated rings. The van der Waals surface area contributed by atoms with Gasteiger partial charge in [-0.2, -0.15) is 5.10 Å². The molecule has 0 bridgehead atoms. The molecule has 0 spiro atoms. The topological polar surface area (TPSA) is 110 Å². The molecule has 0 aliphatic heterocycles. The molecule has 0 atom stereocenters. The Morgan fingerprint density at radius 1 is 1.14 bits per heavy atom. The number of aryl methyl sites for hydroxylation is 3. The van der Waals surface area contributed by atoms with Crippen LogP contribution in [0.1, 0.15) is 34.5 Å². The minimum absolute atomic E-state index is 0.189. The number of hydrogen-bond donors (Lipinski definition) is 1. The fraction of sp³-hybridized carbons (Fsp3) is 0.280. The first kappa shape index (κ1) is 22.5. The normalized spacial score (nSPS) is 11.3. The molecule has 0 saturated heterocycles. The average Bonchev–Trinajstić information content (AvgIpc) is 3.59. The predicted molar refractivity (Wildman–Crippen MR) is 132 cm³/mol. The second-order valence-electron chi connectivity index (χ2n) is 8.63. The Morgan fingerprint density at radius 2 is 1.97 bits per heavy atom. The van der Waals surface area contributed by atoms with E-state index in [-0.39, 0.29) is 5.91 Å². The summed E-state index contributed by atoms with van der Waals surface area (Å²) in [7, 11) is 5.59. The summed E-state index contributed by atoms with van der Waals surface area (Å²) in [5.74, 6) is 1.88. The molecule has 10 nitrogen and oxygen atoms in total.